The minimum atomic E-state index is -0.161. The van der Waals surface area contributed by atoms with Gasteiger partial charge in [0.05, 0.1) is 6.04 Å². The van der Waals surface area contributed by atoms with Gasteiger partial charge in [-0.1, -0.05) is 30.3 Å². The zero-order chi connectivity index (χ0) is 11.3. The van der Waals surface area contributed by atoms with Crippen LogP contribution < -0.4 is 11.1 Å². The highest BCUT2D eigenvalue weighted by Gasteiger charge is 2.06. The first-order valence-electron chi connectivity index (χ1n) is 4.89. The molecular weight excluding hydrogens is 188 g/mol. The molecule has 1 amide bonds. The zero-order valence-electron chi connectivity index (χ0n) is 9.03. The van der Waals surface area contributed by atoms with Crippen molar-refractivity contribution in [2.24, 2.45) is 5.73 Å². The van der Waals surface area contributed by atoms with Crippen LogP contribution in [-0.4, -0.2) is 5.91 Å². The Bertz CT molecular complexity index is 353. The van der Waals surface area contributed by atoms with Gasteiger partial charge in [-0.05, 0) is 19.4 Å². The molecule has 15 heavy (non-hydrogen) atoms. The first-order chi connectivity index (χ1) is 7.09. The fraction of sp³-hybridized carbons (Fsp3) is 0.250. The van der Waals surface area contributed by atoms with E-state index in [2.05, 4.69) is 5.32 Å². The molecule has 0 saturated carbocycles. The average molecular weight is 204 g/mol. The largest absolute Gasteiger partial charge is 0.402 e. The van der Waals surface area contributed by atoms with Gasteiger partial charge in [-0.2, -0.15) is 0 Å². The van der Waals surface area contributed by atoms with Gasteiger partial charge in [0.15, 0.2) is 0 Å². The van der Waals surface area contributed by atoms with Gasteiger partial charge in [0.1, 0.15) is 0 Å². The van der Waals surface area contributed by atoms with Crippen molar-refractivity contribution in [2.75, 3.05) is 0 Å². The normalized spacial score (nSPS) is 13.3. The average Bonchev–Trinajstić information content (AvgIpc) is 2.17. The third kappa shape index (κ3) is 3.85. The molecule has 0 fully saturated rings. The second-order valence-corrected chi connectivity index (χ2v) is 3.53. The Balaban J connectivity index is 2.61. The van der Waals surface area contributed by atoms with Crippen molar-refractivity contribution in [1.29, 1.82) is 0 Å². The maximum absolute atomic E-state index is 11.4. The molecule has 0 radical (unpaired) electrons. The molecule has 1 aromatic rings. The van der Waals surface area contributed by atoms with Gasteiger partial charge in [-0.3, -0.25) is 4.79 Å². The van der Waals surface area contributed by atoms with E-state index in [4.69, 9.17) is 5.73 Å². The summed E-state index contributed by atoms with van der Waals surface area (Å²) in [5, 5.41) is 2.83. The maximum atomic E-state index is 11.4. The van der Waals surface area contributed by atoms with Crippen molar-refractivity contribution in [1.82, 2.24) is 5.32 Å². The van der Waals surface area contributed by atoms with E-state index in [1.54, 1.807) is 6.92 Å². The molecule has 0 aliphatic carbocycles. The van der Waals surface area contributed by atoms with E-state index in [0.29, 0.717) is 5.70 Å². The number of hydrogen-bond donors (Lipinski definition) is 2. The van der Waals surface area contributed by atoms with E-state index < -0.39 is 0 Å². The van der Waals surface area contributed by atoms with Crippen molar-refractivity contribution < 1.29 is 4.79 Å². The van der Waals surface area contributed by atoms with E-state index in [9.17, 15) is 4.79 Å². The number of hydrogen-bond acceptors (Lipinski definition) is 2. The van der Waals surface area contributed by atoms with Gasteiger partial charge >= 0.3 is 0 Å². The lowest BCUT2D eigenvalue weighted by Gasteiger charge is -2.12. The maximum Gasteiger partial charge on any atom is 0.246 e. The van der Waals surface area contributed by atoms with Gasteiger partial charge in [-0.25, -0.2) is 0 Å². The third-order valence-electron chi connectivity index (χ3n) is 2.02. The number of allylic oxidation sites excluding steroid dienone is 1. The highest BCUT2D eigenvalue weighted by molar-refractivity contribution is 5.88. The van der Waals surface area contributed by atoms with Gasteiger partial charge in [0.25, 0.3) is 0 Å². The molecule has 3 N–H and O–H groups in total. The molecular formula is C12H16N2O. The van der Waals surface area contributed by atoms with Gasteiger partial charge in [0.2, 0.25) is 5.91 Å². The van der Waals surface area contributed by atoms with Crippen LogP contribution in [0.4, 0.5) is 0 Å². The second-order valence-electron chi connectivity index (χ2n) is 3.53. The summed E-state index contributed by atoms with van der Waals surface area (Å²) < 4.78 is 0. The summed E-state index contributed by atoms with van der Waals surface area (Å²) >= 11 is 0. The Morgan fingerprint density at radius 3 is 2.53 bits per heavy atom. The van der Waals surface area contributed by atoms with Crippen LogP contribution in [0.3, 0.4) is 0 Å². The molecule has 0 bridgehead atoms. The highest BCUT2D eigenvalue weighted by Crippen LogP contribution is 2.10. The summed E-state index contributed by atoms with van der Waals surface area (Å²) in [6, 6.07) is 9.79. The number of benzene rings is 1. The van der Waals surface area contributed by atoms with Crippen LogP contribution in [0.15, 0.2) is 42.1 Å². The lowest BCUT2D eigenvalue weighted by Crippen LogP contribution is -2.25. The predicted octanol–water partition coefficient (Wildman–Crippen LogP) is 1.73. The fourth-order valence-corrected chi connectivity index (χ4v) is 1.29. The number of carbonyl (C=O) groups is 1. The molecule has 0 aliphatic rings. The van der Waals surface area contributed by atoms with E-state index in [1.165, 1.54) is 6.08 Å². The molecule has 3 nitrogen and oxygen atoms in total. The van der Waals surface area contributed by atoms with Crippen molar-refractivity contribution in [3.8, 4) is 0 Å². The number of rotatable bonds is 3. The molecule has 0 saturated heterocycles. The summed E-state index contributed by atoms with van der Waals surface area (Å²) in [5.41, 5.74) is 6.99. The smallest absolute Gasteiger partial charge is 0.246 e. The lowest BCUT2D eigenvalue weighted by atomic mass is 10.1. The Kier molecular flexibility index (Phi) is 3.92. The van der Waals surface area contributed by atoms with Crippen molar-refractivity contribution in [2.45, 2.75) is 19.9 Å². The lowest BCUT2D eigenvalue weighted by molar-refractivity contribution is -0.117. The molecule has 0 aliphatic heterocycles. The topological polar surface area (TPSA) is 55.1 Å². The van der Waals surface area contributed by atoms with Crippen molar-refractivity contribution in [3.05, 3.63) is 47.7 Å². The van der Waals surface area contributed by atoms with E-state index >= 15 is 0 Å². The van der Waals surface area contributed by atoms with Crippen molar-refractivity contribution >= 4 is 5.91 Å². The molecule has 80 valence electrons. The third-order valence-corrected chi connectivity index (χ3v) is 2.02. The monoisotopic (exact) mass is 204 g/mol. The Morgan fingerprint density at radius 2 is 2.00 bits per heavy atom. The fourth-order valence-electron chi connectivity index (χ4n) is 1.29. The molecule has 1 aromatic carbocycles. The Hall–Kier alpha value is -1.77. The standard InChI is InChI=1S/C12H16N2O/c1-9(13)8-12(15)14-10(2)11-6-4-3-5-7-11/h3-8,10H,13H2,1-2H3,(H,14,15)/b9-8-. The van der Waals surface area contributed by atoms with Crippen LogP contribution >= 0.6 is 0 Å². The van der Waals surface area contributed by atoms with Crippen LogP contribution in [0.1, 0.15) is 25.5 Å². The summed E-state index contributed by atoms with van der Waals surface area (Å²) in [4.78, 5) is 11.4. The van der Waals surface area contributed by atoms with E-state index in [1.807, 2.05) is 37.3 Å². The van der Waals surface area contributed by atoms with Gasteiger partial charge < -0.3 is 11.1 Å². The van der Waals surface area contributed by atoms with Crippen LogP contribution in [0.25, 0.3) is 0 Å². The molecule has 3 heteroatoms. The first kappa shape index (κ1) is 11.3. The van der Waals surface area contributed by atoms with Crippen molar-refractivity contribution in [3.63, 3.8) is 0 Å². The van der Waals surface area contributed by atoms with Crippen LogP contribution in [0, 0.1) is 0 Å². The van der Waals surface area contributed by atoms with E-state index in [-0.39, 0.29) is 11.9 Å². The molecule has 1 rings (SSSR count). The summed E-state index contributed by atoms with van der Waals surface area (Å²) in [7, 11) is 0. The molecule has 0 spiro atoms. The summed E-state index contributed by atoms with van der Waals surface area (Å²) in [6.07, 6.45) is 1.39. The number of carbonyl (C=O) groups excluding carboxylic acids is 1. The minimum absolute atomic E-state index is 0.00528. The zero-order valence-corrected chi connectivity index (χ0v) is 9.03. The highest BCUT2D eigenvalue weighted by atomic mass is 16.1. The van der Waals surface area contributed by atoms with Crippen LogP contribution in [-0.2, 0) is 4.79 Å². The van der Waals surface area contributed by atoms with Crippen LogP contribution in [0.5, 0.6) is 0 Å². The summed E-state index contributed by atoms with van der Waals surface area (Å²) in [6.45, 7) is 3.62. The van der Waals surface area contributed by atoms with Gasteiger partial charge in [-0.15, -0.1) is 0 Å². The second kappa shape index (κ2) is 5.20. The van der Waals surface area contributed by atoms with E-state index in [0.717, 1.165) is 5.56 Å². The molecule has 0 heterocycles. The summed E-state index contributed by atoms with van der Waals surface area (Å²) in [5.74, 6) is -0.161. The van der Waals surface area contributed by atoms with Gasteiger partial charge in [0, 0.05) is 11.8 Å². The minimum Gasteiger partial charge on any atom is -0.402 e. The van der Waals surface area contributed by atoms with Crippen LogP contribution in [0.2, 0.25) is 0 Å². The number of nitrogens with one attached hydrogen (secondary N) is 1. The predicted molar refractivity (Wildman–Crippen MR) is 60.9 cm³/mol. The molecule has 1 atom stereocenters. The number of nitrogens with two attached hydrogens (primary N) is 1. The quantitative estimate of drug-likeness (QED) is 0.737. The molecule has 0 aromatic heterocycles. The Morgan fingerprint density at radius 1 is 1.40 bits per heavy atom. The molecule has 1 unspecified atom stereocenters. The SMILES string of the molecule is C/C(N)=C/C(=O)NC(C)c1ccccc1. The number of amides is 1. The first-order valence-corrected chi connectivity index (χ1v) is 4.89. The Labute approximate surface area is 90.0 Å².